The van der Waals surface area contributed by atoms with Crippen molar-refractivity contribution in [3.8, 4) is 0 Å². The first-order valence-corrected chi connectivity index (χ1v) is 8.66. The maximum Gasteiger partial charge on any atom is 0.211 e. The summed E-state index contributed by atoms with van der Waals surface area (Å²) in [5.74, 6) is -1.38. The van der Waals surface area contributed by atoms with Crippen molar-refractivity contribution in [1.82, 2.24) is 4.31 Å². The maximum atomic E-state index is 11.5. The molecular formula is C8H15NO5S2. The van der Waals surface area contributed by atoms with Crippen molar-refractivity contribution in [3.05, 3.63) is 0 Å². The Morgan fingerprint density at radius 1 is 1.25 bits per heavy atom. The maximum absolute atomic E-state index is 11.5. The third-order valence-corrected chi connectivity index (χ3v) is 4.56. The highest BCUT2D eigenvalue weighted by atomic mass is 32.2. The van der Waals surface area contributed by atoms with Crippen molar-refractivity contribution in [3.63, 3.8) is 0 Å². The molecular weight excluding hydrogens is 254 g/mol. The average molecular weight is 269 g/mol. The second kappa shape index (κ2) is 4.42. The van der Waals surface area contributed by atoms with E-state index in [1.165, 1.54) is 4.31 Å². The van der Waals surface area contributed by atoms with Crippen LogP contribution in [0.4, 0.5) is 0 Å². The van der Waals surface area contributed by atoms with Crippen LogP contribution in [0.25, 0.3) is 0 Å². The van der Waals surface area contributed by atoms with Gasteiger partial charge in [-0.15, -0.1) is 0 Å². The van der Waals surface area contributed by atoms with Crippen LogP contribution < -0.4 is 0 Å². The molecule has 0 spiro atoms. The number of carbonyl (C=O) groups is 1. The van der Waals surface area contributed by atoms with Crippen LogP contribution in [0.5, 0.6) is 0 Å². The van der Waals surface area contributed by atoms with Crippen molar-refractivity contribution < 1.29 is 21.6 Å². The van der Waals surface area contributed by atoms with Crippen LogP contribution in [0.3, 0.4) is 0 Å². The van der Waals surface area contributed by atoms with Gasteiger partial charge in [0.15, 0.2) is 15.6 Å². The smallest absolute Gasteiger partial charge is 0.211 e. The molecule has 0 bridgehead atoms. The fraction of sp³-hybridized carbons (Fsp3) is 0.875. The van der Waals surface area contributed by atoms with Gasteiger partial charge in [-0.2, -0.15) is 0 Å². The zero-order valence-corrected chi connectivity index (χ0v) is 10.8. The Morgan fingerprint density at radius 2 is 1.81 bits per heavy atom. The quantitative estimate of drug-likeness (QED) is 0.645. The Morgan fingerprint density at radius 3 is 2.19 bits per heavy atom. The molecule has 1 saturated heterocycles. The molecule has 0 N–H and O–H groups in total. The molecule has 16 heavy (non-hydrogen) atoms. The number of sulfone groups is 1. The number of rotatable bonds is 4. The SMILES string of the molecule is CS(=O)(=O)CC(=O)C1CCN(S(C)(=O)=O)C1. The highest BCUT2D eigenvalue weighted by Gasteiger charge is 2.33. The summed E-state index contributed by atoms with van der Waals surface area (Å²) in [6.45, 7) is 0.395. The summed E-state index contributed by atoms with van der Waals surface area (Å²) < 4.78 is 45.4. The fourth-order valence-corrected chi connectivity index (χ4v) is 3.31. The first-order chi connectivity index (χ1) is 7.09. The van der Waals surface area contributed by atoms with Crippen LogP contribution in [-0.4, -0.2) is 58.3 Å². The van der Waals surface area contributed by atoms with Gasteiger partial charge in [0.1, 0.15) is 5.75 Å². The van der Waals surface area contributed by atoms with E-state index >= 15 is 0 Å². The number of nitrogens with zero attached hydrogens (tertiary/aromatic N) is 1. The molecule has 0 aromatic rings. The van der Waals surface area contributed by atoms with Crippen LogP contribution in [0.2, 0.25) is 0 Å². The Balaban J connectivity index is 2.64. The molecule has 0 aromatic carbocycles. The number of hydrogen-bond acceptors (Lipinski definition) is 5. The summed E-state index contributed by atoms with van der Waals surface area (Å²) in [5, 5.41) is 0. The van der Waals surface area contributed by atoms with Crippen LogP contribution in [0.1, 0.15) is 6.42 Å². The highest BCUT2D eigenvalue weighted by Crippen LogP contribution is 2.19. The van der Waals surface area contributed by atoms with Crippen LogP contribution in [0, 0.1) is 5.92 Å². The molecule has 0 saturated carbocycles. The Hall–Kier alpha value is -0.470. The lowest BCUT2D eigenvalue weighted by molar-refractivity contribution is -0.119. The lowest BCUT2D eigenvalue weighted by Crippen LogP contribution is -2.30. The minimum absolute atomic E-state index is 0.104. The van der Waals surface area contributed by atoms with Gasteiger partial charge in [0.2, 0.25) is 10.0 Å². The predicted octanol–water partition coefficient (Wildman–Crippen LogP) is -1.12. The minimum atomic E-state index is -3.33. The van der Waals surface area contributed by atoms with Crippen molar-refractivity contribution in [2.75, 3.05) is 31.4 Å². The summed E-state index contributed by atoms with van der Waals surface area (Å²) in [5.41, 5.74) is 0. The lowest BCUT2D eigenvalue weighted by atomic mass is 10.1. The monoisotopic (exact) mass is 269 g/mol. The van der Waals surface area contributed by atoms with E-state index in [4.69, 9.17) is 0 Å². The van der Waals surface area contributed by atoms with Crippen LogP contribution in [0.15, 0.2) is 0 Å². The van der Waals surface area contributed by atoms with E-state index in [1.54, 1.807) is 0 Å². The van der Waals surface area contributed by atoms with Gasteiger partial charge in [0, 0.05) is 25.3 Å². The van der Waals surface area contributed by atoms with E-state index < -0.39 is 37.3 Å². The number of Topliss-reactive ketones (excluding diaryl/α,β-unsaturated/α-hetero) is 1. The summed E-state index contributed by atoms with van der Waals surface area (Å²) in [6.07, 6.45) is 2.48. The number of ketones is 1. The number of sulfonamides is 1. The normalized spacial score (nSPS) is 23.5. The van der Waals surface area contributed by atoms with Gasteiger partial charge in [-0.3, -0.25) is 4.79 Å². The Bertz CT molecular complexity index is 479. The largest absolute Gasteiger partial charge is 0.298 e. The number of hydrogen-bond donors (Lipinski definition) is 0. The van der Waals surface area contributed by atoms with Crippen molar-refractivity contribution in [1.29, 1.82) is 0 Å². The Labute approximate surface area is 95.6 Å². The third kappa shape index (κ3) is 3.84. The zero-order chi connectivity index (χ0) is 12.6. The predicted molar refractivity (Wildman–Crippen MR) is 59.2 cm³/mol. The zero-order valence-electron chi connectivity index (χ0n) is 9.21. The third-order valence-electron chi connectivity index (χ3n) is 2.48. The van der Waals surface area contributed by atoms with Gasteiger partial charge < -0.3 is 0 Å². The molecule has 1 unspecified atom stereocenters. The molecule has 0 amide bonds. The minimum Gasteiger partial charge on any atom is -0.298 e. The standard InChI is InChI=1S/C8H15NO5S2/c1-15(11,12)6-8(10)7-3-4-9(5-7)16(2,13)14/h7H,3-6H2,1-2H3. The van der Waals surface area contributed by atoms with Crippen LogP contribution in [-0.2, 0) is 24.7 Å². The molecule has 0 aromatic heterocycles. The molecule has 1 aliphatic rings. The second-order valence-corrected chi connectivity index (χ2v) is 8.27. The fourth-order valence-electron chi connectivity index (χ4n) is 1.67. The van der Waals surface area contributed by atoms with Gasteiger partial charge in [-0.05, 0) is 6.42 Å². The van der Waals surface area contributed by atoms with E-state index in [0.717, 1.165) is 12.5 Å². The summed E-state index contributed by atoms with van der Waals surface area (Å²) >= 11 is 0. The first kappa shape index (κ1) is 13.6. The summed E-state index contributed by atoms with van der Waals surface area (Å²) in [7, 11) is -6.61. The number of carbonyl (C=O) groups excluding carboxylic acids is 1. The van der Waals surface area contributed by atoms with Gasteiger partial charge in [0.25, 0.3) is 0 Å². The van der Waals surface area contributed by atoms with Crippen molar-refractivity contribution in [2.24, 2.45) is 5.92 Å². The van der Waals surface area contributed by atoms with Gasteiger partial charge in [-0.1, -0.05) is 0 Å². The summed E-state index contributed by atoms with van der Waals surface area (Å²) in [4.78, 5) is 11.5. The van der Waals surface area contributed by atoms with E-state index in [1.807, 2.05) is 0 Å². The van der Waals surface area contributed by atoms with Gasteiger partial charge in [0.05, 0.1) is 6.26 Å². The molecule has 0 radical (unpaired) electrons. The van der Waals surface area contributed by atoms with E-state index in [0.29, 0.717) is 13.0 Å². The van der Waals surface area contributed by atoms with Crippen LogP contribution >= 0.6 is 0 Å². The molecule has 1 aliphatic heterocycles. The van der Waals surface area contributed by atoms with Crippen molar-refractivity contribution in [2.45, 2.75) is 6.42 Å². The molecule has 0 aliphatic carbocycles. The van der Waals surface area contributed by atoms with Gasteiger partial charge >= 0.3 is 0 Å². The molecule has 1 heterocycles. The summed E-state index contributed by atoms with van der Waals surface area (Å²) in [6, 6.07) is 0. The Kier molecular flexibility index (Phi) is 3.76. The molecule has 1 atom stereocenters. The van der Waals surface area contributed by atoms with E-state index in [-0.39, 0.29) is 6.54 Å². The topological polar surface area (TPSA) is 88.6 Å². The average Bonchev–Trinajstić information content (AvgIpc) is 2.46. The molecule has 8 heteroatoms. The van der Waals surface area contributed by atoms with E-state index in [2.05, 4.69) is 0 Å². The van der Waals surface area contributed by atoms with Gasteiger partial charge in [-0.25, -0.2) is 21.1 Å². The van der Waals surface area contributed by atoms with Crippen molar-refractivity contribution >= 4 is 25.6 Å². The molecule has 6 nitrogen and oxygen atoms in total. The van der Waals surface area contributed by atoms with E-state index in [9.17, 15) is 21.6 Å². The lowest BCUT2D eigenvalue weighted by Gasteiger charge is -2.12. The second-order valence-electron chi connectivity index (χ2n) is 4.14. The highest BCUT2D eigenvalue weighted by molar-refractivity contribution is 7.91. The first-order valence-electron chi connectivity index (χ1n) is 4.75. The molecule has 94 valence electrons. The molecule has 1 rings (SSSR count). The molecule has 1 fully saturated rings.